The molecule has 0 saturated carbocycles. The van der Waals surface area contributed by atoms with Gasteiger partial charge in [0.05, 0.1) is 5.60 Å². The van der Waals surface area contributed by atoms with Crippen molar-refractivity contribution >= 4 is 46.7 Å². The number of hydrogen-bond donors (Lipinski definition) is 1. The third-order valence-electron chi connectivity index (χ3n) is 8.74. The number of methoxy groups -OCH3 is 1. The Labute approximate surface area is 244 Å². The molecule has 9 heteroatoms. The summed E-state index contributed by atoms with van der Waals surface area (Å²) in [5, 5.41) is 3.61. The standard InChI is InChI=1S/C31H34ClN3O4S/c1-31(39-2)12-11-25(19-3-5-22(32)6-4-19)21(14-31)15-34-17-24(18-34)40-23-7-8-26-20(13-23)16-35(30(26)38)27-9-10-28(36)33-29(27)37/h3-8,13,24,27H,9-12,14-18H2,1-2H3,(H,33,36,37). The molecule has 6 rings (SSSR count). The number of carbonyl (C=O) groups is 3. The molecule has 0 radical (unpaired) electrons. The van der Waals surface area contributed by atoms with E-state index in [1.807, 2.05) is 43.1 Å². The summed E-state index contributed by atoms with van der Waals surface area (Å²) in [6.07, 6.45) is 3.57. The Morgan fingerprint density at radius 3 is 2.60 bits per heavy atom. The van der Waals surface area contributed by atoms with E-state index >= 15 is 0 Å². The summed E-state index contributed by atoms with van der Waals surface area (Å²) in [5.74, 6) is -0.775. The summed E-state index contributed by atoms with van der Waals surface area (Å²) in [6, 6.07) is 13.6. The van der Waals surface area contributed by atoms with Gasteiger partial charge < -0.3 is 9.64 Å². The lowest BCUT2D eigenvalue weighted by Crippen LogP contribution is -2.52. The van der Waals surface area contributed by atoms with Crippen molar-refractivity contribution < 1.29 is 19.1 Å². The van der Waals surface area contributed by atoms with E-state index < -0.39 is 6.04 Å². The fourth-order valence-electron chi connectivity index (χ4n) is 6.35. The maximum atomic E-state index is 13.0. The smallest absolute Gasteiger partial charge is 0.255 e. The molecule has 1 aliphatic carbocycles. The number of piperidine rings is 1. The van der Waals surface area contributed by atoms with Crippen LogP contribution in [-0.4, -0.2) is 71.2 Å². The maximum Gasteiger partial charge on any atom is 0.255 e. The van der Waals surface area contributed by atoms with Crippen LogP contribution in [0.1, 0.15) is 60.5 Å². The van der Waals surface area contributed by atoms with Crippen LogP contribution in [0.15, 0.2) is 52.9 Å². The van der Waals surface area contributed by atoms with Crippen LogP contribution in [0, 0.1) is 0 Å². The molecule has 4 aliphatic rings. The van der Waals surface area contributed by atoms with Crippen LogP contribution in [0.25, 0.3) is 5.57 Å². The summed E-state index contributed by atoms with van der Waals surface area (Å²) >= 11 is 8.01. The Bertz CT molecular complexity index is 1390. The van der Waals surface area contributed by atoms with Crippen LogP contribution in [0.5, 0.6) is 0 Å². The van der Waals surface area contributed by atoms with Crippen LogP contribution < -0.4 is 5.32 Å². The van der Waals surface area contributed by atoms with E-state index in [-0.39, 0.29) is 29.7 Å². The van der Waals surface area contributed by atoms with Crippen LogP contribution in [-0.2, 0) is 20.9 Å². The number of imide groups is 1. The lowest BCUT2D eigenvalue weighted by Gasteiger charge is -2.42. The van der Waals surface area contributed by atoms with Crippen LogP contribution in [0.3, 0.4) is 0 Å². The van der Waals surface area contributed by atoms with Gasteiger partial charge in [0, 0.05) is 60.4 Å². The highest BCUT2D eigenvalue weighted by Gasteiger charge is 2.39. The summed E-state index contributed by atoms with van der Waals surface area (Å²) in [4.78, 5) is 42.1. The number of thioether (sulfide) groups is 1. The van der Waals surface area contributed by atoms with Gasteiger partial charge >= 0.3 is 0 Å². The Kier molecular flexibility index (Phi) is 7.55. The lowest BCUT2D eigenvalue weighted by atomic mass is 9.78. The highest BCUT2D eigenvalue weighted by Crippen LogP contribution is 2.41. The SMILES string of the molecule is COC1(C)CCC(c2ccc(Cl)cc2)=C(CN2CC(Sc3ccc4c(c3)CN(C3CCC(=O)NC3=O)C4=O)C2)C1. The number of likely N-dealkylation sites (tertiary alicyclic amines) is 1. The molecule has 3 aliphatic heterocycles. The van der Waals surface area contributed by atoms with E-state index in [0.29, 0.717) is 23.8 Å². The zero-order chi connectivity index (χ0) is 28.0. The molecule has 2 fully saturated rings. The highest BCUT2D eigenvalue weighted by molar-refractivity contribution is 8.00. The van der Waals surface area contributed by atoms with E-state index in [1.165, 1.54) is 16.7 Å². The molecule has 2 atom stereocenters. The van der Waals surface area contributed by atoms with Crippen molar-refractivity contribution in [3.05, 3.63) is 69.8 Å². The van der Waals surface area contributed by atoms with Gasteiger partial charge in [-0.25, -0.2) is 0 Å². The molecule has 40 heavy (non-hydrogen) atoms. The second kappa shape index (κ2) is 11.0. The zero-order valence-electron chi connectivity index (χ0n) is 22.9. The van der Waals surface area contributed by atoms with Crippen molar-refractivity contribution in [1.82, 2.24) is 15.1 Å². The minimum atomic E-state index is -0.583. The molecule has 0 spiro atoms. The number of carbonyl (C=O) groups excluding carboxylic acids is 3. The first-order chi connectivity index (χ1) is 19.2. The Hall–Kier alpha value is -2.65. The third-order valence-corrected chi connectivity index (χ3v) is 10.1. The number of ether oxygens (including phenoxy) is 1. The summed E-state index contributed by atoms with van der Waals surface area (Å²) in [5.41, 5.74) is 5.60. The molecule has 1 N–H and O–H groups in total. The van der Waals surface area contributed by atoms with Crippen molar-refractivity contribution in [2.45, 2.75) is 67.4 Å². The predicted octanol–water partition coefficient (Wildman–Crippen LogP) is 4.92. The average Bonchev–Trinajstić information content (AvgIpc) is 3.23. The topological polar surface area (TPSA) is 79.0 Å². The van der Waals surface area contributed by atoms with Gasteiger partial charge in [-0.3, -0.25) is 24.6 Å². The summed E-state index contributed by atoms with van der Waals surface area (Å²) < 4.78 is 5.90. The first kappa shape index (κ1) is 27.5. The lowest BCUT2D eigenvalue weighted by molar-refractivity contribution is -0.136. The molecule has 210 valence electrons. The van der Waals surface area contributed by atoms with E-state index in [4.69, 9.17) is 16.3 Å². The number of rotatable bonds is 7. The van der Waals surface area contributed by atoms with Crippen molar-refractivity contribution in [1.29, 1.82) is 0 Å². The Morgan fingerprint density at radius 2 is 1.88 bits per heavy atom. The van der Waals surface area contributed by atoms with Crippen LogP contribution in [0.4, 0.5) is 0 Å². The number of halogens is 1. The summed E-state index contributed by atoms with van der Waals surface area (Å²) in [6.45, 7) is 5.56. The van der Waals surface area contributed by atoms with E-state index in [2.05, 4.69) is 35.3 Å². The minimum Gasteiger partial charge on any atom is -0.378 e. The van der Waals surface area contributed by atoms with Gasteiger partial charge in [0.2, 0.25) is 11.8 Å². The molecule has 0 aromatic heterocycles. The normalized spacial score (nSPS) is 25.7. The zero-order valence-corrected chi connectivity index (χ0v) is 24.4. The fourth-order valence-corrected chi connectivity index (χ4v) is 7.79. The highest BCUT2D eigenvalue weighted by atomic mass is 35.5. The second-order valence-electron chi connectivity index (χ2n) is 11.6. The molecular formula is C31H34ClN3O4S. The molecule has 2 aromatic carbocycles. The molecule has 0 bridgehead atoms. The van der Waals surface area contributed by atoms with Gasteiger partial charge in [-0.1, -0.05) is 23.7 Å². The first-order valence-corrected chi connectivity index (χ1v) is 15.2. The van der Waals surface area contributed by atoms with Crippen molar-refractivity contribution in [3.63, 3.8) is 0 Å². The number of amides is 3. The number of nitrogens with zero attached hydrogens (tertiary/aromatic N) is 2. The minimum absolute atomic E-state index is 0.129. The van der Waals surface area contributed by atoms with Gasteiger partial charge in [0.1, 0.15) is 6.04 Å². The largest absolute Gasteiger partial charge is 0.378 e. The quantitative estimate of drug-likeness (QED) is 0.469. The van der Waals surface area contributed by atoms with E-state index in [0.717, 1.165) is 54.4 Å². The van der Waals surface area contributed by atoms with Gasteiger partial charge in [-0.15, -0.1) is 11.8 Å². The number of fused-ring (bicyclic) bond motifs is 1. The predicted molar refractivity (Wildman–Crippen MR) is 156 cm³/mol. The Morgan fingerprint density at radius 1 is 1.10 bits per heavy atom. The Balaban J connectivity index is 1.09. The van der Waals surface area contributed by atoms with Crippen molar-refractivity contribution in [2.24, 2.45) is 0 Å². The number of nitrogens with one attached hydrogen (secondary N) is 1. The van der Waals surface area contributed by atoms with Crippen molar-refractivity contribution in [3.8, 4) is 0 Å². The van der Waals surface area contributed by atoms with Crippen molar-refractivity contribution in [2.75, 3.05) is 26.7 Å². The fraction of sp³-hybridized carbons (Fsp3) is 0.452. The van der Waals surface area contributed by atoms with Gasteiger partial charge in [-0.2, -0.15) is 0 Å². The van der Waals surface area contributed by atoms with Gasteiger partial charge in [0.25, 0.3) is 5.91 Å². The van der Waals surface area contributed by atoms with Crippen LogP contribution >= 0.6 is 23.4 Å². The number of hydrogen-bond acceptors (Lipinski definition) is 6. The third kappa shape index (κ3) is 5.47. The average molecular weight is 580 g/mol. The molecule has 3 amide bonds. The molecule has 7 nitrogen and oxygen atoms in total. The maximum absolute atomic E-state index is 13.0. The molecular weight excluding hydrogens is 546 g/mol. The van der Waals surface area contributed by atoms with Crippen LogP contribution in [0.2, 0.25) is 5.02 Å². The van der Waals surface area contributed by atoms with Gasteiger partial charge in [0.15, 0.2) is 0 Å². The van der Waals surface area contributed by atoms with Gasteiger partial charge in [-0.05, 0) is 85.2 Å². The first-order valence-electron chi connectivity index (χ1n) is 13.9. The molecule has 2 unspecified atom stereocenters. The molecule has 2 saturated heterocycles. The van der Waals surface area contributed by atoms with E-state index in [1.54, 1.807) is 4.90 Å². The summed E-state index contributed by atoms with van der Waals surface area (Å²) in [7, 11) is 1.81. The molecule has 2 aromatic rings. The number of benzene rings is 2. The number of allylic oxidation sites excluding steroid dienone is 1. The van der Waals surface area contributed by atoms with E-state index in [9.17, 15) is 14.4 Å². The molecule has 3 heterocycles. The monoisotopic (exact) mass is 579 g/mol. The second-order valence-corrected chi connectivity index (χ2v) is 13.4.